The van der Waals surface area contributed by atoms with E-state index in [4.69, 9.17) is 4.42 Å². The first-order chi connectivity index (χ1) is 10.7. The van der Waals surface area contributed by atoms with Crippen molar-refractivity contribution in [3.05, 3.63) is 17.9 Å². The summed E-state index contributed by atoms with van der Waals surface area (Å²) in [4.78, 5) is 11.4. The van der Waals surface area contributed by atoms with Crippen molar-refractivity contribution in [2.75, 3.05) is 20.2 Å². The fourth-order valence-electron chi connectivity index (χ4n) is 2.97. The summed E-state index contributed by atoms with van der Waals surface area (Å²) >= 11 is 0. The van der Waals surface area contributed by atoms with Gasteiger partial charge < -0.3 is 9.15 Å². The lowest BCUT2D eigenvalue weighted by molar-refractivity contribution is 0.0558. The molecule has 0 amide bonds. The molecule has 7 heteroatoms. The number of carbonyl (C=O) groups is 1. The van der Waals surface area contributed by atoms with E-state index in [1.165, 1.54) is 23.5 Å². The van der Waals surface area contributed by atoms with Crippen LogP contribution in [-0.2, 0) is 14.8 Å². The summed E-state index contributed by atoms with van der Waals surface area (Å²) in [6, 6.07) is 2.64. The summed E-state index contributed by atoms with van der Waals surface area (Å²) in [6.07, 6.45) is 2.67. The number of nitrogens with zero attached hydrogens (tertiary/aromatic N) is 1. The van der Waals surface area contributed by atoms with Gasteiger partial charge >= 0.3 is 5.97 Å². The van der Waals surface area contributed by atoms with Crippen LogP contribution < -0.4 is 0 Å². The zero-order chi connectivity index (χ0) is 17.3. The maximum Gasteiger partial charge on any atom is 0.374 e. The lowest BCUT2D eigenvalue weighted by Crippen LogP contribution is -2.32. The first-order valence-electron chi connectivity index (χ1n) is 7.84. The lowest BCUT2D eigenvalue weighted by atomic mass is 9.77. The van der Waals surface area contributed by atoms with Crippen molar-refractivity contribution in [2.45, 2.75) is 45.1 Å². The second kappa shape index (κ2) is 6.65. The highest BCUT2D eigenvalue weighted by Gasteiger charge is 2.33. The van der Waals surface area contributed by atoms with Crippen molar-refractivity contribution in [3.8, 4) is 0 Å². The third-order valence-corrected chi connectivity index (χ3v) is 6.25. The van der Waals surface area contributed by atoms with Gasteiger partial charge in [0.1, 0.15) is 0 Å². The SMILES string of the molecule is COC(=O)c1ccc(S(=O)(=O)N2CCC[C@H](C(C)(C)C)CC2)o1. The average molecular weight is 343 g/mol. The first kappa shape index (κ1) is 18.0. The number of hydrogen-bond acceptors (Lipinski definition) is 5. The fraction of sp³-hybridized carbons (Fsp3) is 0.688. The number of sulfonamides is 1. The molecule has 130 valence electrons. The van der Waals surface area contributed by atoms with E-state index in [1.54, 1.807) is 0 Å². The van der Waals surface area contributed by atoms with Gasteiger partial charge in [0.05, 0.1) is 7.11 Å². The normalized spacial score (nSPS) is 21.0. The Morgan fingerprint density at radius 3 is 2.57 bits per heavy atom. The van der Waals surface area contributed by atoms with Crippen molar-refractivity contribution < 1.29 is 22.4 Å². The molecule has 0 unspecified atom stereocenters. The summed E-state index contributed by atoms with van der Waals surface area (Å²) < 4.78 is 36.6. The van der Waals surface area contributed by atoms with E-state index in [2.05, 4.69) is 25.5 Å². The Morgan fingerprint density at radius 1 is 1.26 bits per heavy atom. The Labute approximate surface area is 137 Å². The molecule has 0 saturated carbocycles. The third-order valence-electron chi connectivity index (χ3n) is 4.47. The highest BCUT2D eigenvalue weighted by atomic mass is 32.2. The molecule has 0 radical (unpaired) electrons. The Balaban J connectivity index is 2.17. The van der Waals surface area contributed by atoms with Crippen LogP contribution in [0.25, 0.3) is 0 Å². The van der Waals surface area contributed by atoms with Crippen LogP contribution >= 0.6 is 0 Å². The summed E-state index contributed by atoms with van der Waals surface area (Å²) in [7, 11) is -2.49. The van der Waals surface area contributed by atoms with E-state index in [0.29, 0.717) is 19.0 Å². The van der Waals surface area contributed by atoms with Gasteiger partial charge in [-0.2, -0.15) is 4.31 Å². The number of furan rings is 1. The van der Waals surface area contributed by atoms with Gasteiger partial charge in [-0.1, -0.05) is 20.8 Å². The average Bonchev–Trinajstić information content (AvgIpc) is 2.82. The van der Waals surface area contributed by atoms with Crippen LogP contribution in [0.3, 0.4) is 0 Å². The number of methoxy groups -OCH3 is 1. The maximum absolute atomic E-state index is 12.7. The zero-order valence-electron chi connectivity index (χ0n) is 14.2. The highest BCUT2D eigenvalue weighted by molar-refractivity contribution is 7.89. The number of ether oxygens (including phenoxy) is 1. The Hall–Kier alpha value is -1.34. The smallest absolute Gasteiger partial charge is 0.374 e. The van der Waals surface area contributed by atoms with Crippen LogP contribution in [0, 0.1) is 11.3 Å². The molecule has 1 aromatic heterocycles. The minimum Gasteiger partial charge on any atom is -0.463 e. The van der Waals surface area contributed by atoms with Crippen molar-refractivity contribution in [2.24, 2.45) is 11.3 Å². The summed E-state index contributed by atoms with van der Waals surface area (Å²) in [5.41, 5.74) is 0.169. The van der Waals surface area contributed by atoms with Crippen LogP contribution in [-0.4, -0.2) is 38.9 Å². The van der Waals surface area contributed by atoms with Crippen LogP contribution in [0.1, 0.15) is 50.6 Å². The maximum atomic E-state index is 12.7. The molecule has 1 fully saturated rings. The molecule has 2 rings (SSSR count). The monoisotopic (exact) mass is 343 g/mol. The molecule has 0 spiro atoms. The van der Waals surface area contributed by atoms with Crippen molar-refractivity contribution in [1.29, 1.82) is 0 Å². The first-order valence-corrected chi connectivity index (χ1v) is 9.28. The van der Waals surface area contributed by atoms with Crippen molar-refractivity contribution in [1.82, 2.24) is 4.31 Å². The lowest BCUT2D eigenvalue weighted by Gasteiger charge is -2.29. The molecule has 6 nitrogen and oxygen atoms in total. The molecule has 23 heavy (non-hydrogen) atoms. The molecule has 1 saturated heterocycles. The van der Waals surface area contributed by atoms with Crippen LogP contribution in [0.2, 0.25) is 0 Å². The molecule has 1 aromatic rings. The van der Waals surface area contributed by atoms with E-state index in [0.717, 1.165) is 19.3 Å². The highest BCUT2D eigenvalue weighted by Crippen LogP contribution is 2.35. The summed E-state index contributed by atoms with van der Waals surface area (Å²) in [6.45, 7) is 7.52. The predicted octanol–water partition coefficient (Wildman–Crippen LogP) is 2.90. The quantitative estimate of drug-likeness (QED) is 0.789. The van der Waals surface area contributed by atoms with E-state index in [9.17, 15) is 13.2 Å². The Morgan fingerprint density at radius 2 is 1.96 bits per heavy atom. The second-order valence-electron chi connectivity index (χ2n) is 7.01. The molecule has 1 aliphatic heterocycles. The van der Waals surface area contributed by atoms with E-state index >= 15 is 0 Å². The Bertz CT molecular complexity index is 656. The second-order valence-corrected chi connectivity index (χ2v) is 8.88. The van der Waals surface area contributed by atoms with Gasteiger partial charge in [-0.3, -0.25) is 0 Å². The van der Waals surface area contributed by atoms with Crippen LogP contribution in [0.15, 0.2) is 21.6 Å². The molecule has 1 aliphatic rings. The van der Waals surface area contributed by atoms with Gasteiger partial charge in [0, 0.05) is 13.1 Å². The van der Waals surface area contributed by atoms with E-state index in [-0.39, 0.29) is 16.3 Å². The molecule has 2 heterocycles. The minimum absolute atomic E-state index is 0.103. The van der Waals surface area contributed by atoms with E-state index < -0.39 is 16.0 Å². The standard InChI is InChI=1S/C16H25NO5S/c1-16(2,3)12-6-5-10-17(11-9-12)23(19,20)14-8-7-13(22-14)15(18)21-4/h7-8,12H,5-6,9-11H2,1-4H3/t12-/m0/s1. The molecular weight excluding hydrogens is 318 g/mol. The molecule has 0 bridgehead atoms. The number of esters is 1. The van der Waals surface area contributed by atoms with Gasteiger partial charge in [0.15, 0.2) is 0 Å². The predicted molar refractivity (Wildman–Crippen MR) is 85.6 cm³/mol. The molecule has 0 N–H and O–H groups in total. The van der Waals surface area contributed by atoms with Gasteiger partial charge in [0.2, 0.25) is 10.9 Å². The van der Waals surface area contributed by atoms with Crippen LogP contribution in [0.5, 0.6) is 0 Å². The van der Waals surface area contributed by atoms with Crippen molar-refractivity contribution >= 4 is 16.0 Å². The molecule has 0 aliphatic carbocycles. The fourth-order valence-corrected chi connectivity index (χ4v) is 4.38. The van der Waals surface area contributed by atoms with Gasteiger partial charge in [0.25, 0.3) is 10.0 Å². The van der Waals surface area contributed by atoms with Crippen LogP contribution in [0.4, 0.5) is 0 Å². The number of hydrogen-bond donors (Lipinski definition) is 0. The Kier molecular flexibility index (Phi) is 5.20. The molecule has 1 atom stereocenters. The summed E-state index contributed by atoms with van der Waals surface area (Å²) in [5.74, 6) is -0.298. The number of rotatable bonds is 3. The molecule has 0 aromatic carbocycles. The van der Waals surface area contributed by atoms with Gasteiger partial charge in [-0.05, 0) is 42.7 Å². The summed E-state index contributed by atoms with van der Waals surface area (Å²) in [5, 5.41) is -0.202. The topological polar surface area (TPSA) is 76.8 Å². The zero-order valence-corrected chi connectivity index (χ0v) is 15.0. The molecular formula is C16H25NO5S. The van der Waals surface area contributed by atoms with E-state index in [1.807, 2.05) is 0 Å². The minimum atomic E-state index is -3.72. The van der Waals surface area contributed by atoms with Gasteiger partial charge in [-0.15, -0.1) is 0 Å². The van der Waals surface area contributed by atoms with Gasteiger partial charge in [-0.25, -0.2) is 13.2 Å². The largest absolute Gasteiger partial charge is 0.463 e. The number of carbonyl (C=O) groups excluding carboxylic acids is 1. The van der Waals surface area contributed by atoms with Crippen molar-refractivity contribution in [3.63, 3.8) is 0 Å². The third kappa shape index (κ3) is 3.95.